The molecule has 0 unspecified atom stereocenters. The highest BCUT2D eigenvalue weighted by Crippen LogP contribution is 2.23. The lowest BCUT2D eigenvalue weighted by Crippen LogP contribution is -2.20. The number of hydrogen-bond acceptors (Lipinski definition) is 5. The minimum atomic E-state index is -1.41. The largest absolute Gasteiger partial charge is 0.315 e. The molecule has 0 spiro atoms. The lowest BCUT2D eigenvalue weighted by Gasteiger charge is -2.07. The Kier molecular flexibility index (Phi) is 3.25. The van der Waals surface area contributed by atoms with Crippen LogP contribution in [0.1, 0.15) is 6.42 Å². The number of aromatic nitrogens is 1. The lowest BCUT2D eigenvalue weighted by atomic mass is 10.4. The van der Waals surface area contributed by atoms with Gasteiger partial charge in [-0.1, -0.05) is 0 Å². The zero-order chi connectivity index (χ0) is 11.5. The highest BCUT2D eigenvalue weighted by Gasteiger charge is 2.28. The molecular formula is C9H11N3O3S. The molecular weight excluding hydrogens is 230 g/mol. The van der Waals surface area contributed by atoms with Crippen LogP contribution in [0, 0.1) is 10.1 Å². The summed E-state index contributed by atoms with van der Waals surface area (Å²) in [4.78, 5) is 14.1. The molecule has 7 heteroatoms. The summed E-state index contributed by atoms with van der Waals surface area (Å²) in [6, 6.07) is 2.81. The van der Waals surface area contributed by atoms with Crippen molar-refractivity contribution in [2.45, 2.75) is 16.7 Å². The van der Waals surface area contributed by atoms with E-state index in [1.54, 1.807) is 0 Å². The molecule has 86 valence electrons. The Bertz CT molecular complexity index is 432. The van der Waals surface area contributed by atoms with Crippen molar-refractivity contribution in [1.82, 2.24) is 10.3 Å². The minimum absolute atomic E-state index is 0.0754. The van der Waals surface area contributed by atoms with Crippen LogP contribution in [0.25, 0.3) is 0 Å². The van der Waals surface area contributed by atoms with Crippen LogP contribution in [0.15, 0.2) is 23.4 Å². The zero-order valence-corrected chi connectivity index (χ0v) is 9.27. The maximum atomic E-state index is 12.1. The van der Waals surface area contributed by atoms with Crippen LogP contribution in [-0.4, -0.2) is 32.5 Å². The Morgan fingerprint density at radius 1 is 1.62 bits per heavy atom. The Morgan fingerprint density at radius 2 is 2.44 bits per heavy atom. The van der Waals surface area contributed by atoms with Gasteiger partial charge in [0.25, 0.3) is 0 Å². The van der Waals surface area contributed by atoms with Crippen molar-refractivity contribution in [2.24, 2.45) is 0 Å². The lowest BCUT2D eigenvalue weighted by molar-refractivity contribution is -0.388. The molecule has 1 N–H and O–H groups in total. The Balaban J connectivity index is 2.32. The third kappa shape index (κ3) is 2.10. The monoisotopic (exact) mass is 241 g/mol. The van der Waals surface area contributed by atoms with Gasteiger partial charge in [0.05, 0.1) is 21.0 Å². The summed E-state index contributed by atoms with van der Waals surface area (Å²) in [6.07, 6.45) is 2.20. The second-order valence-corrected chi connectivity index (χ2v) is 5.15. The summed E-state index contributed by atoms with van der Waals surface area (Å²) in [7, 11) is -1.41. The quantitative estimate of drug-likeness (QED) is 0.613. The maximum Gasteiger partial charge on any atom is 0.303 e. The second kappa shape index (κ2) is 4.67. The van der Waals surface area contributed by atoms with Crippen LogP contribution in [-0.2, 0) is 10.8 Å². The predicted octanol–water partition coefficient (Wildman–Crippen LogP) is 0.459. The number of rotatable bonds is 3. The molecule has 0 amide bonds. The number of hydrogen-bond donors (Lipinski definition) is 1. The smallest absolute Gasteiger partial charge is 0.303 e. The number of nitrogens with zero attached hydrogens (tertiary/aromatic N) is 2. The first kappa shape index (κ1) is 11.2. The molecule has 1 aliphatic heterocycles. The maximum absolute atomic E-state index is 12.1. The van der Waals surface area contributed by atoms with Gasteiger partial charge in [0, 0.05) is 18.8 Å². The molecule has 0 aromatic carbocycles. The second-order valence-electron chi connectivity index (χ2n) is 3.50. The van der Waals surface area contributed by atoms with Gasteiger partial charge >= 0.3 is 5.69 Å². The van der Waals surface area contributed by atoms with Crippen molar-refractivity contribution in [1.29, 1.82) is 0 Å². The number of pyridine rings is 1. The fourth-order valence-corrected chi connectivity index (χ4v) is 3.08. The molecule has 1 aromatic heterocycles. The molecule has 0 saturated carbocycles. The van der Waals surface area contributed by atoms with E-state index in [1.807, 2.05) is 0 Å². The van der Waals surface area contributed by atoms with Crippen molar-refractivity contribution in [3.8, 4) is 0 Å². The molecule has 2 atom stereocenters. The van der Waals surface area contributed by atoms with Gasteiger partial charge in [0.15, 0.2) is 0 Å². The van der Waals surface area contributed by atoms with Crippen LogP contribution < -0.4 is 5.32 Å². The molecule has 1 saturated heterocycles. The molecule has 2 heterocycles. The first-order chi connectivity index (χ1) is 7.70. The zero-order valence-electron chi connectivity index (χ0n) is 8.46. The SMILES string of the molecule is O=[N+]([O-])c1cccnc1[S@@](=O)[C@@H]1CCNC1. The molecule has 0 radical (unpaired) electrons. The average Bonchev–Trinajstić information content (AvgIpc) is 2.81. The summed E-state index contributed by atoms with van der Waals surface area (Å²) in [5, 5.41) is 13.8. The normalized spacial score (nSPS) is 21.9. The first-order valence-electron chi connectivity index (χ1n) is 4.91. The predicted molar refractivity (Wildman–Crippen MR) is 58.6 cm³/mol. The Morgan fingerprint density at radius 3 is 3.06 bits per heavy atom. The molecule has 6 nitrogen and oxygen atoms in total. The van der Waals surface area contributed by atoms with Gasteiger partial charge < -0.3 is 5.32 Å². The van der Waals surface area contributed by atoms with Crippen LogP contribution in [0.4, 0.5) is 5.69 Å². The summed E-state index contributed by atoms with van der Waals surface area (Å²) in [5.41, 5.74) is -0.160. The van der Waals surface area contributed by atoms with Gasteiger partial charge in [0.1, 0.15) is 0 Å². The van der Waals surface area contributed by atoms with E-state index in [1.165, 1.54) is 18.3 Å². The van der Waals surface area contributed by atoms with E-state index >= 15 is 0 Å². The van der Waals surface area contributed by atoms with Crippen molar-refractivity contribution in [3.05, 3.63) is 28.4 Å². The van der Waals surface area contributed by atoms with E-state index in [0.29, 0.717) is 6.54 Å². The van der Waals surface area contributed by atoms with Crippen molar-refractivity contribution < 1.29 is 9.13 Å². The van der Waals surface area contributed by atoms with E-state index < -0.39 is 15.7 Å². The Labute approximate surface area is 94.7 Å². The van der Waals surface area contributed by atoms with Gasteiger partial charge in [-0.25, -0.2) is 4.98 Å². The third-order valence-electron chi connectivity index (χ3n) is 2.46. The fraction of sp³-hybridized carbons (Fsp3) is 0.444. The van der Waals surface area contributed by atoms with Gasteiger partial charge in [-0.15, -0.1) is 0 Å². The highest BCUT2D eigenvalue weighted by molar-refractivity contribution is 7.85. The molecule has 2 rings (SSSR count). The minimum Gasteiger partial charge on any atom is -0.315 e. The van der Waals surface area contributed by atoms with E-state index in [9.17, 15) is 14.3 Å². The molecule has 0 aliphatic carbocycles. The van der Waals surface area contributed by atoms with Crippen LogP contribution in [0.2, 0.25) is 0 Å². The number of nitrogens with one attached hydrogen (secondary N) is 1. The molecule has 1 aliphatic rings. The van der Waals surface area contributed by atoms with Crippen molar-refractivity contribution >= 4 is 16.5 Å². The van der Waals surface area contributed by atoms with Crippen molar-refractivity contribution in [2.75, 3.05) is 13.1 Å². The van der Waals surface area contributed by atoms with Crippen LogP contribution >= 0.6 is 0 Å². The van der Waals surface area contributed by atoms with Gasteiger partial charge in [-0.3, -0.25) is 14.3 Å². The van der Waals surface area contributed by atoms with E-state index in [4.69, 9.17) is 0 Å². The first-order valence-corrected chi connectivity index (χ1v) is 6.12. The molecule has 1 fully saturated rings. The summed E-state index contributed by atoms with van der Waals surface area (Å²) < 4.78 is 12.1. The van der Waals surface area contributed by atoms with Crippen LogP contribution in [0.3, 0.4) is 0 Å². The van der Waals surface area contributed by atoms with Gasteiger partial charge in [0.2, 0.25) is 5.03 Å². The van der Waals surface area contributed by atoms with Crippen molar-refractivity contribution in [3.63, 3.8) is 0 Å². The Hall–Kier alpha value is -1.34. The van der Waals surface area contributed by atoms with Gasteiger partial charge in [-0.2, -0.15) is 0 Å². The molecule has 1 aromatic rings. The summed E-state index contributed by atoms with van der Waals surface area (Å²) in [6.45, 7) is 1.43. The van der Waals surface area contributed by atoms with Gasteiger partial charge in [-0.05, 0) is 19.0 Å². The summed E-state index contributed by atoms with van der Waals surface area (Å²) in [5.74, 6) is 0. The summed E-state index contributed by atoms with van der Waals surface area (Å²) >= 11 is 0. The topological polar surface area (TPSA) is 85.1 Å². The molecule has 0 bridgehead atoms. The van der Waals surface area contributed by atoms with E-state index in [-0.39, 0.29) is 16.0 Å². The average molecular weight is 241 g/mol. The van der Waals surface area contributed by atoms with Crippen LogP contribution in [0.5, 0.6) is 0 Å². The standard InChI is InChI=1S/C9H11N3O3S/c13-12(14)8-2-1-4-11-9(8)16(15)7-3-5-10-6-7/h1-2,4,7,10H,3,5-6H2/t7-,16+/m1/s1. The molecule has 16 heavy (non-hydrogen) atoms. The fourth-order valence-electron chi connectivity index (χ4n) is 1.65. The third-order valence-corrected chi connectivity index (χ3v) is 4.16. The van der Waals surface area contributed by atoms with E-state index in [2.05, 4.69) is 10.3 Å². The number of nitro groups is 1. The highest BCUT2D eigenvalue weighted by atomic mass is 32.2. The van der Waals surface area contributed by atoms with E-state index in [0.717, 1.165) is 13.0 Å².